The maximum atomic E-state index is 12.2. The number of nitrogens with one attached hydrogen (secondary N) is 3. The molecule has 0 fully saturated rings. The van der Waals surface area contributed by atoms with Crippen LogP contribution in [-0.2, 0) is 10.0 Å². The third kappa shape index (κ3) is 2.63. The molecule has 1 aromatic carbocycles. The topological polar surface area (TPSA) is 108 Å². The van der Waals surface area contributed by atoms with Crippen LogP contribution in [0.15, 0.2) is 46.3 Å². The zero-order chi connectivity index (χ0) is 15.0. The Morgan fingerprint density at radius 2 is 1.90 bits per heavy atom. The Morgan fingerprint density at radius 3 is 2.67 bits per heavy atom. The number of aromatic nitrogens is 3. The van der Waals surface area contributed by atoms with E-state index in [2.05, 4.69) is 19.7 Å². The predicted octanol–water partition coefficient (Wildman–Crippen LogP) is 1.71. The van der Waals surface area contributed by atoms with Crippen LogP contribution >= 0.6 is 11.6 Å². The first kappa shape index (κ1) is 13.7. The monoisotopic (exact) mass is 324 g/mol. The third-order valence-electron chi connectivity index (χ3n) is 2.79. The quantitative estimate of drug-likeness (QED) is 0.681. The fourth-order valence-electron chi connectivity index (χ4n) is 1.87. The van der Waals surface area contributed by atoms with Gasteiger partial charge in [-0.05, 0) is 24.3 Å². The second-order valence-corrected chi connectivity index (χ2v) is 6.31. The first-order valence-electron chi connectivity index (χ1n) is 5.80. The number of H-pyrrole nitrogens is 2. The number of rotatable bonds is 3. The van der Waals surface area contributed by atoms with Crippen molar-refractivity contribution >= 4 is 38.3 Å². The summed E-state index contributed by atoms with van der Waals surface area (Å²) in [4.78, 5) is 19.9. The van der Waals surface area contributed by atoms with Gasteiger partial charge in [-0.15, -0.1) is 0 Å². The number of benzene rings is 1. The van der Waals surface area contributed by atoms with Crippen molar-refractivity contribution in [2.24, 2.45) is 0 Å². The highest BCUT2D eigenvalue weighted by atomic mass is 35.5. The van der Waals surface area contributed by atoms with E-state index in [1.807, 2.05) is 0 Å². The van der Waals surface area contributed by atoms with Crippen molar-refractivity contribution in [2.75, 3.05) is 4.72 Å². The molecule has 0 atom stereocenters. The Bertz CT molecular complexity index is 977. The number of nitrogens with zero attached hydrogens (tertiary/aromatic N) is 1. The molecular weight excluding hydrogens is 316 g/mol. The van der Waals surface area contributed by atoms with Crippen molar-refractivity contribution in [3.63, 3.8) is 0 Å². The average Bonchev–Trinajstić information content (AvgIpc) is 2.78. The van der Waals surface area contributed by atoms with E-state index in [9.17, 15) is 13.2 Å². The van der Waals surface area contributed by atoms with E-state index in [1.54, 1.807) is 6.07 Å². The molecule has 21 heavy (non-hydrogen) atoms. The molecule has 0 spiro atoms. The van der Waals surface area contributed by atoms with Crippen LogP contribution in [0.5, 0.6) is 0 Å². The minimum absolute atomic E-state index is 0.0774. The third-order valence-corrected chi connectivity index (χ3v) is 4.64. The molecule has 108 valence electrons. The van der Waals surface area contributed by atoms with Crippen LogP contribution in [0.4, 0.5) is 5.69 Å². The van der Waals surface area contributed by atoms with Crippen LogP contribution in [0.25, 0.3) is 11.0 Å². The number of hydrogen-bond acceptors (Lipinski definition) is 4. The van der Waals surface area contributed by atoms with Crippen LogP contribution < -0.4 is 10.4 Å². The summed E-state index contributed by atoms with van der Waals surface area (Å²) in [7, 11) is -3.85. The Balaban J connectivity index is 2.01. The number of fused-ring (bicyclic) bond motifs is 1. The molecule has 0 bridgehead atoms. The van der Waals surface area contributed by atoms with Gasteiger partial charge in [0.05, 0.1) is 21.7 Å². The smallest absolute Gasteiger partial charge is 0.306 e. The molecule has 0 saturated heterocycles. The molecule has 0 radical (unpaired) electrons. The van der Waals surface area contributed by atoms with E-state index in [0.29, 0.717) is 16.7 Å². The van der Waals surface area contributed by atoms with E-state index in [4.69, 9.17) is 11.6 Å². The van der Waals surface area contributed by atoms with Crippen molar-refractivity contribution in [3.8, 4) is 0 Å². The van der Waals surface area contributed by atoms with E-state index in [-0.39, 0.29) is 15.6 Å². The number of aromatic amines is 2. The molecule has 3 rings (SSSR count). The van der Waals surface area contributed by atoms with E-state index in [0.717, 1.165) is 0 Å². The van der Waals surface area contributed by atoms with Crippen molar-refractivity contribution in [1.82, 2.24) is 15.0 Å². The van der Waals surface area contributed by atoms with Crippen LogP contribution in [0.1, 0.15) is 0 Å². The van der Waals surface area contributed by atoms with Crippen molar-refractivity contribution < 1.29 is 8.42 Å². The molecule has 0 unspecified atom stereocenters. The summed E-state index contributed by atoms with van der Waals surface area (Å²) in [6.45, 7) is 0. The highest BCUT2D eigenvalue weighted by Crippen LogP contribution is 2.23. The lowest BCUT2D eigenvalue weighted by molar-refractivity contribution is 0.601. The first-order valence-corrected chi connectivity index (χ1v) is 7.66. The van der Waals surface area contributed by atoms with Crippen LogP contribution in [-0.4, -0.2) is 23.4 Å². The molecule has 3 N–H and O–H groups in total. The second-order valence-electron chi connectivity index (χ2n) is 4.25. The molecule has 3 aromatic rings. The number of anilines is 1. The zero-order valence-corrected chi connectivity index (χ0v) is 12.0. The van der Waals surface area contributed by atoms with Gasteiger partial charge in [-0.3, -0.25) is 9.71 Å². The van der Waals surface area contributed by atoms with Crippen LogP contribution in [0.2, 0.25) is 5.02 Å². The molecule has 2 heterocycles. The lowest BCUT2D eigenvalue weighted by atomic mass is 10.3. The van der Waals surface area contributed by atoms with Crippen molar-refractivity contribution in [2.45, 2.75) is 4.90 Å². The number of pyridine rings is 1. The molecule has 0 aliphatic carbocycles. The van der Waals surface area contributed by atoms with Crippen molar-refractivity contribution in [3.05, 3.63) is 52.2 Å². The normalized spacial score (nSPS) is 11.7. The molecular formula is C12H9ClN4O3S. The van der Waals surface area contributed by atoms with Gasteiger partial charge in [-0.25, -0.2) is 13.2 Å². The van der Waals surface area contributed by atoms with E-state index >= 15 is 0 Å². The van der Waals surface area contributed by atoms with Gasteiger partial charge in [-0.1, -0.05) is 11.6 Å². The molecule has 0 amide bonds. The van der Waals surface area contributed by atoms with Gasteiger partial charge < -0.3 is 9.97 Å². The second kappa shape index (κ2) is 4.90. The van der Waals surface area contributed by atoms with Gasteiger partial charge in [-0.2, -0.15) is 0 Å². The van der Waals surface area contributed by atoms with Crippen LogP contribution in [0, 0.1) is 0 Å². The summed E-state index contributed by atoms with van der Waals surface area (Å²) < 4.78 is 26.9. The fourth-order valence-corrected chi connectivity index (χ4v) is 3.35. The molecule has 0 saturated carbocycles. The minimum Gasteiger partial charge on any atom is -0.306 e. The Hall–Kier alpha value is -2.32. The van der Waals surface area contributed by atoms with E-state index in [1.165, 1.54) is 30.6 Å². The number of halogens is 1. The average molecular weight is 325 g/mol. The minimum atomic E-state index is -3.85. The van der Waals surface area contributed by atoms with E-state index < -0.39 is 10.0 Å². The molecule has 9 heteroatoms. The van der Waals surface area contributed by atoms with Gasteiger partial charge in [0.25, 0.3) is 10.0 Å². The Morgan fingerprint density at radius 1 is 1.14 bits per heavy atom. The summed E-state index contributed by atoms with van der Waals surface area (Å²) in [6, 6.07) is 6.03. The Labute approximate surface area is 124 Å². The summed E-state index contributed by atoms with van der Waals surface area (Å²) in [5.74, 6) is 0. The first-order chi connectivity index (χ1) is 9.95. The maximum absolute atomic E-state index is 12.2. The number of sulfonamides is 1. The Kier molecular flexibility index (Phi) is 3.19. The van der Waals surface area contributed by atoms with Crippen molar-refractivity contribution in [1.29, 1.82) is 0 Å². The zero-order valence-electron chi connectivity index (χ0n) is 10.4. The van der Waals surface area contributed by atoms with Gasteiger partial charge in [0.15, 0.2) is 0 Å². The highest BCUT2D eigenvalue weighted by molar-refractivity contribution is 7.92. The predicted molar refractivity (Wildman–Crippen MR) is 79.0 cm³/mol. The number of hydrogen-bond donors (Lipinski definition) is 3. The molecule has 7 nitrogen and oxygen atoms in total. The number of imidazole rings is 1. The van der Waals surface area contributed by atoms with Gasteiger partial charge in [0.1, 0.15) is 4.90 Å². The molecule has 0 aliphatic rings. The summed E-state index contributed by atoms with van der Waals surface area (Å²) >= 11 is 5.86. The molecule has 2 aromatic heterocycles. The SMILES string of the molecule is O=c1[nH]c2ccc(NS(=O)(=O)c3cnccc3Cl)cc2[nH]1. The summed E-state index contributed by atoms with van der Waals surface area (Å²) in [6.07, 6.45) is 2.57. The fraction of sp³-hybridized carbons (Fsp3) is 0. The van der Waals surface area contributed by atoms with Gasteiger partial charge in [0.2, 0.25) is 0 Å². The summed E-state index contributed by atoms with van der Waals surface area (Å²) in [5.41, 5.74) is 1.03. The molecule has 0 aliphatic heterocycles. The highest BCUT2D eigenvalue weighted by Gasteiger charge is 2.18. The van der Waals surface area contributed by atoms with Gasteiger partial charge in [0, 0.05) is 12.4 Å². The van der Waals surface area contributed by atoms with Gasteiger partial charge >= 0.3 is 5.69 Å². The largest absolute Gasteiger partial charge is 0.323 e. The maximum Gasteiger partial charge on any atom is 0.323 e. The van der Waals surface area contributed by atoms with Crippen LogP contribution in [0.3, 0.4) is 0 Å². The lowest BCUT2D eigenvalue weighted by Gasteiger charge is -2.08. The lowest BCUT2D eigenvalue weighted by Crippen LogP contribution is -2.13. The standard InChI is InChI=1S/C12H9ClN4O3S/c13-8-3-4-14-6-11(8)21(19,20)17-7-1-2-9-10(5-7)16-12(18)15-9/h1-6,17H,(H2,15,16,18). The summed E-state index contributed by atoms with van der Waals surface area (Å²) in [5, 5.41) is 0.0774.